The standard InChI is InChI=1S/C27H23Cl2FN6O2/c1-14-6-7-22-23(8-14)34-27(38)25(33-22)19(16-4-3-5-17(30)9-16)12-31-26(37)24-20(28)10-18(11-21(24)29)36-13-32-15(2)35-36/h3-7,9-11,13-14,19H,8,12H2,1-2H3,(H,31,37)(H,34,38). The van der Waals surface area contributed by atoms with Gasteiger partial charge in [0.2, 0.25) is 0 Å². The van der Waals surface area contributed by atoms with Gasteiger partial charge in [0.1, 0.15) is 23.7 Å². The molecule has 2 heterocycles. The number of rotatable bonds is 6. The van der Waals surface area contributed by atoms with Crippen molar-refractivity contribution in [2.24, 2.45) is 5.92 Å². The number of amides is 1. The van der Waals surface area contributed by atoms with Crippen LogP contribution in [0.25, 0.3) is 11.8 Å². The summed E-state index contributed by atoms with van der Waals surface area (Å²) in [5.74, 6) is -0.902. The first kappa shape index (κ1) is 25.8. The summed E-state index contributed by atoms with van der Waals surface area (Å²) in [6.07, 6.45) is 6.06. The molecule has 2 atom stereocenters. The van der Waals surface area contributed by atoms with Gasteiger partial charge < -0.3 is 10.3 Å². The molecule has 8 nitrogen and oxygen atoms in total. The van der Waals surface area contributed by atoms with E-state index in [4.69, 9.17) is 23.2 Å². The molecule has 0 radical (unpaired) electrons. The van der Waals surface area contributed by atoms with Crippen LogP contribution in [0, 0.1) is 18.7 Å². The van der Waals surface area contributed by atoms with Crippen molar-refractivity contribution in [2.75, 3.05) is 6.54 Å². The molecule has 11 heteroatoms. The van der Waals surface area contributed by atoms with Crippen molar-refractivity contribution in [3.8, 4) is 5.69 Å². The fraction of sp³-hybridized carbons (Fsp3) is 0.222. The highest BCUT2D eigenvalue weighted by Gasteiger charge is 2.25. The topological polar surface area (TPSA) is 106 Å². The Morgan fingerprint density at radius 3 is 2.71 bits per heavy atom. The molecule has 1 aliphatic carbocycles. The zero-order valence-corrected chi connectivity index (χ0v) is 22.0. The van der Waals surface area contributed by atoms with Gasteiger partial charge in [0, 0.05) is 18.2 Å². The zero-order chi connectivity index (χ0) is 27.0. The number of halogens is 3. The van der Waals surface area contributed by atoms with E-state index in [-0.39, 0.29) is 33.8 Å². The molecule has 4 aromatic rings. The minimum atomic E-state index is -0.730. The number of hydrogen-bond acceptors (Lipinski definition) is 5. The molecule has 2 aromatic heterocycles. The minimum absolute atomic E-state index is 0.0477. The number of H-pyrrole nitrogens is 1. The second-order valence-corrected chi connectivity index (χ2v) is 10.0. The SMILES string of the molecule is Cc1ncn(-c2cc(Cl)c(C(=O)NCC(c3cccc(F)c3)c3nc4c([nH]c3=O)CC(C)C=C4)c(Cl)c2)n1. The van der Waals surface area contributed by atoms with Crippen LogP contribution < -0.4 is 10.9 Å². The van der Waals surface area contributed by atoms with Crippen LogP contribution in [0.15, 0.2) is 53.6 Å². The number of nitrogens with zero attached hydrogens (tertiary/aromatic N) is 4. The van der Waals surface area contributed by atoms with E-state index in [2.05, 4.69) is 25.4 Å². The summed E-state index contributed by atoms with van der Waals surface area (Å²) < 4.78 is 15.7. The number of carbonyl (C=O) groups excluding carboxylic acids is 1. The molecule has 2 unspecified atom stereocenters. The van der Waals surface area contributed by atoms with Gasteiger partial charge in [-0.25, -0.2) is 19.0 Å². The van der Waals surface area contributed by atoms with E-state index in [1.807, 2.05) is 19.1 Å². The maximum Gasteiger partial charge on any atom is 0.270 e. The van der Waals surface area contributed by atoms with E-state index in [0.29, 0.717) is 29.2 Å². The first-order valence-corrected chi connectivity index (χ1v) is 12.7. The number of nitrogens with one attached hydrogen (secondary N) is 2. The van der Waals surface area contributed by atoms with E-state index in [1.165, 1.54) is 23.1 Å². The van der Waals surface area contributed by atoms with Crippen LogP contribution in [-0.4, -0.2) is 37.2 Å². The van der Waals surface area contributed by atoms with Crippen molar-refractivity contribution >= 4 is 35.2 Å². The largest absolute Gasteiger partial charge is 0.351 e. The van der Waals surface area contributed by atoms with Gasteiger partial charge >= 0.3 is 0 Å². The molecule has 2 aromatic carbocycles. The molecule has 5 rings (SSSR count). The van der Waals surface area contributed by atoms with Gasteiger partial charge in [-0.1, -0.05) is 48.3 Å². The molecule has 1 aliphatic rings. The summed E-state index contributed by atoms with van der Waals surface area (Å²) in [4.78, 5) is 37.9. The van der Waals surface area contributed by atoms with Gasteiger partial charge in [0.05, 0.1) is 27.0 Å². The molecule has 0 spiro atoms. The zero-order valence-electron chi connectivity index (χ0n) is 20.5. The van der Waals surface area contributed by atoms with Gasteiger partial charge in [-0.3, -0.25) is 9.59 Å². The van der Waals surface area contributed by atoms with E-state index in [1.54, 1.807) is 31.2 Å². The molecular formula is C27H23Cl2FN6O2. The lowest BCUT2D eigenvalue weighted by Gasteiger charge is -2.21. The lowest BCUT2D eigenvalue weighted by molar-refractivity contribution is 0.0952. The number of fused-ring (bicyclic) bond motifs is 1. The predicted octanol–water partition coefficient (Wildman–Crippen LogP) is 4.87. The first-order chi connectivity index (χ1) is 18.2. The molecule has 0 bridgehead atoms. The Labute approximate surface area is 227 Å². The van der Waals surface area contributed by atoms with Crippen LogP contribution in [0.1, 0.15) is 51.7 Å². The third-order valence-corrected chi connectivity index (χ3v) is 6.92. The summed E-state index contributed by atoms with van der Waals surface area (Å²) in [7, 11) is 0. The van der Waals surface area contributed by atoms with Crippen LogP contribution in [-0.2, 0) is 6.42 Å². The van der Waals surface area contributed by atoms with Gasteiger partial charge in [-0.2, -0.15) is 5.10 Å². The highest BCUT2D eigenvalue weighted by molar-refractivity contribution is 6.40. The summed E-state index contributed by atoms with van der Waals surface area (Å²) >= 11 is 12.9. The van der Waals surface area contributed by atoms with Crippen LogP contribution in [0.5, 0.6) is 0 Å². The molecule has 0 saturated heterocycles. The Bertz CT molecular complexity index is 1610. The smallest absolute Gasteiger partial charge is 0.270 e. The van der Waals surface area contributed by atoms with E-state index < -0.39 is 23.2 Å². The highest BCUT2D eigenvalue weighted by atomic mass is 35.5. The van der Waals surface area contributed by atoms with Crippen molar-refractivity contribution in [1.29, 1.82) is 0 Å². The Balaban J connectivity index is 1.46. The average Bonchev–Trinajstić information content (AvgIpc) is 3.30. The molecule has 0 aliphatic heterocycles. The van der Waals surface area contributed by atoms with E-state index in [0.717, 1.165) is 5.69 Å². The fourth-order valence-corrected chi connectivity index (χ4v) is 5.09. The van der Waals surface area contributed by atoms with Crippen LogP contribution in [0.2, 0.25) is 10.0 Å². The molecular weight excluding hydrogens is 530 g/mol. The van der Waals surface area contributed by atoms with Crippen LogP contribution >= 0.6 is 23.2 Å². The van der Waals surface area contributed by atoms with Gasteiger partial charge in [0.15, 0.2) is 0 Å². The summed E-state index contributed by atoms with van der Waals surface area (Å²) in [5.41, 5.74) is 2.28. The van der Waals surface area contributed by atoms with Gasteiger partial charge in [-0.15, -0.1) is 0 Å². The quantitative estimate of drug-likeness (QED) is 0.355. The Hall–Kier alpha value is -3.82. The third-order valence-electron chi connectivity index (χ3n) is 6.33. The maximum atomic E-state index is 14.2. The van der Waals surface area contributed by atoms with Crippen molar-refractivity contribution < 1.29 is 9.18 Å². The van der Waals surface area contributed by atoms with Crippen LogP contribution in [0.3, 0.4) is 0 Å². The molecule has 1 amide bonds. The van der Waals surface area contributed by atoms with Crippen molar-refractivity contribution in [2.45, 2.75) is 26.2 Å². The third kappa shape index (κ3) is 5.25. The lowest BCUT2D eigenvalue weighted by Crippen LogP contribution is -2.33. The molecule has 0 fully saturated rings. The maximum absolute atomic E-state index is 14.2. The summed E-state index contributed by atoms with van der Waals surface area (Å²) in [6, 6.07) is 8.99. The number of aromatic amines is 1. The number of hydrogen-bond donors (Lipinski definition) is 2. The second kappa shape index (κ2) is 10.5. The van der Waals surface area contributed by atoms with Crippen molar-refractivity contribution in [3.63, 3.8) is 0 Å². The van der Waals surface area contributed by atoms with E-state index >= 15 is 0 Å². The van der Waals surface area contributed by atoms with Crippen molar-refractivity contribution in [1.82, 2.24) is 30.0 Å². The highest BCUT2D eigenvalue weighted by Crippen LogP contribution is 2.29. The number of aryl methyl sites for hydroxylation is 1. The number of carbonyl (C=O) groups is 1. The Morgan fingerprint density at radius 1 is 1.26 bits per heavy atom. The number of benzene rings is 2. The average molecular weight is 553 g/mol. The number of allylic oxidation sites excluding steroid dienone is 1. The predicted molar refractivity (Wildman–Crippen MR) is 143 cm³/mol. The first-order valence-electron chi connectivity index (χ1n) is 11.9. The van der Waals surface area contributed by atoms with Crippen LogP contribution in [0.4, 0.5) is 4.39 Å². The van der Waals surface area contributed by atoms with Crippen molar-refractivity contribution in [3.05, 3.63) is 109 Å². The van der Waals surface area contributed by atoms with Gasteiger partial charge in [0.25, 0.3) is 11.5 Å². The minimum Gasteiger partial charge on any atom is -0.351 e. The molecule has 0 saturated carbocycles. The normalized spacial score (nSPS) is 15.2. The molecule has 38 heavy (non-hydrogen) atoms. The van der Waals surface area contributed by atoms with E-state index in [9.17, 15) is 14.0 Å². The second-order valence-electron chi connectivity index (χ2n) is 9.19. The summed E-state index contributed by atoms with van der Waals surface area (Å²) in [6.45, 7) is 3.75. The fourth-order valence-electron chi connectivity index (χ4n) is 4.45. The summed E-state index contributed by atoms with van der Waals surface area (Å²) in [5, 5.41) is 7.26. The number of aromatic nitrogens is 5. The monoisotopic (exact) mass is 552 g/mol. The molecule has 194 valence electrons. The molecule has 2 N–H and O–H groups in total. The lowest BCUT2D eigenvalue weighted by atomic mass is 9.93. The Kier molecular flexibility index (Phi) is 7.14. The Morgan fingerprint density at radius 2 is 2.03 bits per heavy atom. The van der Waals surface area contributed by atoms with Gasteiger partial charge in [-0.05, 0) is 55.2 Å².